The van der Waals surface area contributed by atoms with E-state index in [1.165, 1.54) is 0 Å². The van der Waals surface area contributed by atoms with Gasteiger partial charge in [0.2, 0.25) is 5.91 Å². The van der Waals surface area contributed by atoms with Crippen LogP contribution in [0, 0.1) is 5.92 Å². The summed E-state index contributed by atoms with van der Waals surface area (Å²) >= 11 is 0. The summed E-state index contributed by atoms with van der Waals surface area (Å²) in [5.74, 6) is -0.239. The molecule has 3 fully saturated rings. The number of nitrogens with one attached hydrogen (secondary N) is 1. The van der Waals surface area contributed by atoms with Crippen molar-refractivity contribution < 1.29 is 14.4 Å². The minimum atomic E-state index is -0.835. The molecule has 0 spiro atoms. The number of rotatable bonds is 5. The molecule has 8 heteroatoms. The van der Waals surface area contributed by atoms with Crippen LogP contribution in [0.5, 0.6) is 0 Å². The monoisotopic (exact) mass is 371 g/mol. The van der Waals surface area contributed by atoms with E-state index in [9.17, 15) is 14.4 Å². The van der Waals surface area contributed by atoms with Gasteiger partial charge in [-0.05, 0) is 37.8 Å². The first-order valence-corrected chi connectivity index (χ1v) is 9.51. The van der Waals surface area contributed by atoms with Crippen LogP contribution in [0.3, 0.4) is 0 Å². The van der Waals surface area contributed by atoms with Crippen molar-refractivity contribution in [2.24, 2.45) is 5.92 Å². The lowest BCUT2D eigenvalue weighted by molar-refractivity contribution is -0.140. The van der Waals surface area contributed by atoms with Gasteiger partial charge in [0, 0.05) is 38.9 Å². The lowest BCUT2D eigenvalue weighted by Gasteiger charge is -2.35. The first-order valence-electron chi connectivity index (χ1n) is 9.51. The maximum Gasteiger partial charge on any atom is 0.325 e. The van der Waals surface area contributed by atoms with E-state index in [4.69, 9.17) is 0 Å². The van der Waals surface area contributed by atoms with Crippen molar-refractivity contribution in [1.82, 2.24) is 25.0 Å². The fourth-order valence-electron chi connectivity index (χ4n) is 3.91. The molecule has 0 bridgehead atoms. The number of amides is 4. The van der Waals surface area contributed by atoms with E-state index in [1.807, 2.05) is 18.2 Å². The number of imide groups is 1. The topological polar surface area (TPSA) is 85.8 Å². The van der Waals surface area contributed by atoms with E-state index in [-0.39, 0.29) is 24.3 Å². The Hall–Kier alpha value is -2.48. The summed E-state index contributed by atoms with van der Waals surface area (Å²) in [6.45, 7) is 5.05. The molecule has 2 aliphatic heterocycles. The minimum Gasteiger partial charge on any atom is -0.339 e. The van der Waals surface area contributed by atoms with Gasteiger partial charge < -0.3 is 10.2 Å². The highest BCUT2D eigenvalue weighted by Crippen LogP contribution is 2.42. The van der Waals surface area contributed by atoms with Crippen molar-refractivity contribution in [3.8, 4) is 0 Å². The van der Waals surface area contributed by atoms with Crippen LogP contribution in [-0.2, 0) is 16.1 Å². The second-order valence-corrected chi connectivity index (χ2v) is 7.78. The molecule has 4 rings (SSSR count). The van der Waals surface area contributed by atoms with Crippen molar-refractivity contribution in [3.05, 3.63) is 30.1 Å². The molecule has 0 radical (unpaired) electrons. The summed E-state index contributed by atoms with van der Waals surface area (Å²) in [5, 5.41) is 2.79. The predicted octanol–water partition coefficient (Wildman–Crippen LogP) is 0.446. The Morgan fingerprint density at radius 3 is 2.59 bits per heavy atom. The lowest BCUT2D eigenvalue weighted by Crippen LogP contribution is -2.52. The van der Waals surface area contributed by atoms with Gasteiger partial charge in [-0.2, -0.15) is 0 Å². The number of carbonyl (C=O) groups is 3. The van der Waals surface area contributed by atoms with Gasteiger partial charge in [0.25, 0.3) is 5.91 Å². The maximum atomic E-state index is 12.6. The second kappa shape index (κ2) is 6.92. The molecule has 1 saturated carbocycles. The summed E-state index contributed by atoms with van der Waals surface area (Å²) in [7, 11) is 0. The summed E-state index contributed by atoms with van der Waals surface area (Å²) in [5.41, 5.74) is 0.176. The molecule has 1 atom stereocenters. The molecule has 8 nitrogen and oxygen atoms in total. The summed E-state index contributed by atoms with van der Waals surface area (Å²) in [4.78, 5) is 46.9. The smallest absolute Gasteiger partial charge is 0.325 e. The molecule has 3 aliphatic rings. The zero-order valence-corrected chi connectivity index (χ0v) is 15.6. The molecule has 0 unspecified atom stereocenters. The van der Waals surface area contributed by atoms with Gasteiger partial charge in [-0.25, -0.2) is 4.79 Å². The summed E-state index contributed by atoms with van der Waals surface area (Å²) in [6.07, 6.45) is 3.67. The molecule has 3 heterocycles. The van der Waals surface area contributed by atoms with Crippen LogP contribution in [0.4, 0.5) is 4.79 Å². The Morgan fingerprint density at radius 1 is 1.22 bits per heavy atom. The normalized spacial score (nSPS) is 26.4. The van der Waals surface area contributed by atoms with Crippen LogP contribution in [0.2, 0.25) is 0 Å². The highest BCUT2D eigenvalue weighted by molar-refractivity contribution is 6.09. The highest BCUT2D eigenvalue weighted by Gasteiger charge is 2.56. The number of hydrogen-bond donors (Lipinski definition) is 1. The fourth-order valence-corrected chi connectivity index (χ4v) is 3.91. The molecule has 1 aromatic heterocycles. The summed E-state index contributed by atoms with van der Waals surface area (Å²) < 4.78 is 0. The van der Waals surface area contributed by atoms with Gasteiger partial charge in [-0.15, -0.1) is 0 Å². The van der Waals surface area contributed by atoms with Gasteiger partial charge in [0.05, 0.1) is 5.69 Å². The molecule has 0 aromatic carbocycles. The van der Waals surface area contributed by atoms with Crippen LogP contribution >= 0.6 is 0 Å². The van der Waals surface area contributed by atoms with Crippen LogP contribution < -0.4 is 5.32 Å². The maximum absolute atomic E-state index is 12.6. The zero-order chi connectivity index (χ0) is 19.0. The predicted molar refractivity (Wildman–Crippen MR) is 97.5 cm³/mol. The number of hydrogen-bond acceptors (Lipinski definition) is 5. The fraction of sp³-hybridized carbons (Fsp3) is 0.579. The molecule has 1 N–H and O–H groups in total. The van der Waals surface area contributed by atoms with E-state index in [1.54, 1.807) is 18.0 Å². The van der Waals surface area contributed by atoms with Gasteiger partial charge in [0.15, 0.2) is 0 Å². The van der Waals surface area contributed by atoms with Crippen molar-refractivity contribution >= 4 is 17.8 Å². The minimum absolute atomic E-state index is 0.170. The standard InChI is InChI=1S/C19H25N5O3/c1-19(14-5-6-14)17(26)24(18(27)21-19)13-16(25)23-10-8-22(9-11-23)12-15-4-2-3-7-20-15/h2-4,7,14H,5-6,8-13H2,1H3,(H,21,27)/t19-/m1/s1. The van der Waals surface area contributed by atoms with E-state index in [0.29, 0.717) is 13.1 Å². The second-order valence-electron chi connectivity index (χ2n) is 7.78. The van der Waals surface area contributed by atoms with Crippen molar-refractivity contribution in [2.45, 2.75) is 31.8 Å². The quantitative estimate of drug-likeness (QED) is 0.760. The van der Waals surface area contributed by atoms with Crippen molar-refractivity contribution in [1.29, 1.82) is 0 Å². The average molecular weight is 371 g/mol. The summed E-state index contributed by atoms with van der Waals surface area (Å²) in [6, 6.07) is 5.41. The van der Waals surface area contributed by atoms with Crippen molar-refractivity contribution in [2.75, 3.05) is 32.7 Å². The number of pyridine rings is 1. The number of piperazine rings is 1. The van der Waals surface area contributed by atoms with Crippen molar-refractivity contribution in [3.63, 3.8) is 0 Å². The first kappa shape index (κ1) is 17.9. The Balaban J connectivity index is 1.30. The molecule has 4 amide bonds. The van der Waals surface area contributed by atoms with E-state index < -0.39 is 11.6 Å². The number of aromatic nitrogens is 1. The average Bonchev–Trinajstić information content (AvgIpc) is 3.49. The third kappa shape index (κ3) is 3.53. The van der Waals surface area contributed by atoms with E-state index in [2.05, 4.69) is 15.2 Å². The molecular weight excluding hydrogens is 346 g/mol. The number of nitrogens with zero attached hydrogens (tertiary/aromatic N) is 4. The third-order valence-electron chi connectivity index (χ3n) is 5.83. The largest absolute Gasteiger partial charge is 0.339 e. The van der Waals surface area contributed by atoms with Gasteiger partial charge in [-0.3, -0.25) is 24.4 Å². The highest BCUT2D eigenvalue weighted by atomic mass is 16.2. The molecule has 2 saturated heterocycles. The Labute approximate surface area is 158 Å². The van der Waals surface area contributed by atoms with E-state index >= 15 is 0 Å². The van der Waals surface area contributed by atoms with Crippen LogP contribution in [0.1, 0.15) is 25.5 Å². The third-order valence-corrected chi connectivity index (χ3v) is 5.83. The molecule has 1 aromatic rings. The number of carbonyl (C=O) groups excluding carboxylic acids is 3. The van der Waals surface area contributed by atoms with Gasteiger partial charge in [0.1, 0.15) is 12.1 Å². The van der Waals surface area contributed by atoms with Crippen LogP contribution in [0.15, 0.2) is 24.4 Å². The van der Waals surface area contributed by atoms with Crippen LogP contribution in [-0.4, -0.2) is 75.8 Å². The van der Waals surface area contributed by atoms with Crippen LogP contribution in [0.25, 0.3) is 0 Å². The SMILES string of the molecule is C[C@]1(C2CC2)NC(=O)N(CC(=O)N2CCN(Cc3ccccn3)CC2)C1=O. The Bertz CT molecular complexity index is 743. The van der Waals surface area contributed by atoms with E-state index in [0.717, 1.165) is 43.1 Å². The number of urea groups is 1. The zero-order valence-electron chi connectivity index (χ0n) is 15.6. The first-order chi connectivity index (χ1) is 13.0. The van der Waals surface area contributed by atoms with Gasteiger partial charge in [-0.1, -0.05) is 6.07 Å². The molecule has 27 heavy (non-hydrogen) atoms. The molecule has 144 valence electrons. The van der Waals surface area contributed by atoms with Gasteiger partial charge >= 0.3 is 6.03 Å². The Kier molecular flexibility index (Phi) is 4.59. The Morgan fingerprint density at radius 2 is 1.96 bits per heavy atom. The molecule has 1 aliphatic carbocycles. The lowest BCUT2D eigenvalue weighted by atomic mass is 9.96. The molecular formula is C19H25N5O3.